The van der Waals surface area contributed by atoms with Gasteiger partial charge in [-0.3, -0.25) is 24.0 Å². The van der Waals surface area contributed by atoms with E-state index in [4.69, 9.17) is 0 Å². The van der Waals surface area contributed by atoms with Gasteiger partial charge in [-0.2, -0.15) is 0 Å². The number of allylic oxidation sites excluding steroid dienone is 2. The number of anilines is 3. The van der Waals surface area contributed by atoms with E-state index in [9.17, 15) is 29.1 Å². The first-order valence-corrected chi connectivity index (χ1v) is 30.0. The molecule has 4 N–H and O–H groups in total. The van der Waals surface area contributed by atoms with Crippen molar-refractivity contribution in [3.8, 4) is 0 Å². The Morgan fingerprint density at radius 3 is 1.55 bits per heavy atom. The molecule has 1 aliphatic carbocycles. The maximum absolute atomic E-state index is 15.0. The zero-order chi connectivity index (χ0) is 56.1. The number of hydrogen-bond acceptors (Lipinski definition) is 7. The van der Waals surface area contributed by atoms with Gasteiger partial charge in [0.15, 0.2) is 11.8 Å². The Morgan fingerprint density at radius 1 is 0.618 bits per heavy atom. The topological polar surface area (TPSA) is 163 Å². The van der Waals surface area contributed by atoms with Crippen LogP contribution in [0.4, 0.5) is 17.1 Å². The molecule has 2 aromatic carbocycles. The lowest BCUT2D eigenvalue weighted by Crippen LogP contribution is -2.42. The number of rotatable bonds is 31. The zero-order valence-corrected chi connectivity index (χ0v) is 49.7. The van der Waals surface area contributed by atoms with Crippen LogP contribution in [0.3, 0.4) is 0 Å². The fourth-order valence-corrected chi connectivity index (χ4v) is 12.0. The van der Waals surface area contributed by atoms with E-state index in [1.54, 1.807) is 0 Å². The Bertz CT molecular complexity index is 2540. The number of fused-ring (bicyclic) bond motifs is 2. The van der Waals surface area contributed by atoms with E-state index in [1.165, 1.54) is 12.8 Å². The predicted molar refractivity (Wildman–Crippen MR) is 312 cm³/mol. The molecule has 0 bridgehead atoms. The Kier molecular flexibility index (Phi) is 22.8. The molecule has 3 aliphatic rings. The van der Waals surface area contributed by atoms with E-state index in [0.29, 0.717) is 59.7 Å². The average molecular weight is 1050 g/mol. The summed E-state index contributed by atoms with van der Waals surface area (Å²) in [4.78, 5) is 70.2. The molecule has 0 fully saturated rings. The van der Waals surface area contributed by atoms with E-state index in [-0.39, 0.29) is 82.6 Å². The molecule has 12 heteroatoms. The second kappa shape index (κ2) is 28.1. The minimum atomic E-state index is -0.407. The first-order chi connectivity index (χ1) is 36.0. The molecule has 0 saturated carbocycles. The minimum absolute atomic E-state index is 0.0398. The van der Waals surface area contributed by atoms with Crippen LogP contribution in [0.25, 0.3) is 11.1 Å². The van der Waals surface area contributed by atoms with Crippen LogP contribution < -0.4 is 46.4 Å². The Balaban J connectivity index is 1.39. The van der Waals surface area contributed by atoms with Gasteiger partial charge in [-0.1, -0.05) is 112 Å². The monoisotopic (exact) mass is 1050 g/mol. The fourth-order valence-electron chi connectivity index (χ4n) is 12.0. The van der Waals surface area contributed by atoms with E-state index < -0.39 is 11.5 Å². The van der Waals surface area contributed by atoms with Crippen LogP contribution in [-0.2, 0) is 34.8 Å². The molecule has 2 aliphatic heterocycles. The summed E-state index contributed by atoms with van der Waals surface area (Å²) >= 11 is 0. The van der Waals surface area contributed by atoms with Crippen molar-refractivity contribution in [2.75, 3.05) is 28.6 Å². The fraction of sp³-hybridized carbons (Fsp3) is 0.688. The molecular weight excluding hydrogens is 949 g/mol. The number of Topliss-reactive ketones (excluding diaryl/α,β-unsaturated/α-hetero) is 1. The largest absolute Gasteiger partial charge is 0.871 e. The third-order valence-corrected chi connectivity index (χ3v) is 17.6. The number of ketones is 1. The maximum atomic E-state index is 15.0. The zero-order valence-electron chi connectivity index (χ0n) is 49.7. The second-order valence-electron chi connectivity index (χ2n) is 24.4. The maximum Gasteiger partial charge on any atom is 0.224 e. The average Bonchev–Trinajstić information content (AvgIpc) is 3.69. The molecule has 0 aromatic heterocycles. The summed E-state index contributed by atoms with van der Waals surface area (Å²) in [5, 5.41) is 28.9. The van der Waals surface area contributed by atoms with Crippen LogP contribution in [0.2, 0.25) is 0 Å². The summed E-state index contributed by atoms with van der Waals surface area (Å²) in [5.74, 6) is 0.0119. The molecule has 4 atom stereocenters. The van der Waals surface area contributed by atoms with Crippen molar-refractivity contribution < 1.29 is 29.1 Å². The molecule has 0 saturated heterocycles. The molecule has 12 nitrogen and oxygen atoms in total. The van der Waals surface area contributed by atoms with Crippen molar-refractivity contribution in [2.45, 2.75) is 260 Å². The van der Waals surface area contributed by atoms with E-state index in [1.807, 2.05) is 24.3 Å². The summed E-state index contributed by atoms with van der Waals surface area (Å²) in [7, 11) is 0. The predicted octanol–water partition coefficient (Wildman–Crippen LogP) is 10.9. The normalized spacial score (nSPS) is 18.9. The van der Waals surface area contributed by atoms with Gasteiger partial charge in [-0.15, -0.1) is 0 Å². The summed E-state index contributed by atoms with van der Waals surface area (Å²) in [6, 6.07) is 8.37. The van der Waals surface area contributed by atoms with Gasteiger partial charge < -0.3 is 31.3 Å². The van der Waals surface area contributed by atoms with Gasteiger partial charge in [-0.05, 0) is 130 Å². The first kappa shape index (κ1) is 61.8. The summed E-state index contributed by atoms with van der Waals surface area (Å²) in [6.45, 7) is 31.9. The van der Waals surface area contributed by atoms with Gasteiger partial charge in [0, 0.05) is 95.5 Å². The number of nitrogens with zero attached hydrogens (tertiary/aromatic N) is 2. The van der Waals surface area contributed by atoms with Crippen molar-refractivity contribution in [3.05, 3.63) is 57.3 Å². The highest BCUT2D eigenvalue weighted by atomic mass is 16.3. The molecule has 4 amide bonds. The van der Waals surface area contributed by atoms with Gasteiger partial charge in [0.2, 0.25) is 29.0 Å². The number of hydrogen-bond donors (Lipinski definition) is 4. The van der Waals surface area contributed by atoms with Crippen LogP contribution in [0.1, 0.15) is 242 Å². The number of amides is 4. The lowest BCUT2D eigenvalue weighted by atomic mass is 9.76. The van der Waals surface area contributed by atoms with E-state index in [2.05, 4.69) is 128 Å². The number of nitrogens with one attached hydrogen (secondary N) is 4. The Labute approximate surface area is 458 Å². The first-order valence-electron chi connectivity index (χ1n) is 30.0. The van der Waals surface area contributed by atoms with Gasteiger partial charge in [0.25, 0.3) is 0 Å². The van der Waals surface area contributed by atoms with Crippen molar-refractivity contribution >= 4 is 57.6 Å². The molecule has 0 radical (unpaired) electrons. The standard InChI is InChI=1S/C64H100N6O6/c1-15-19-29-45(17-3)39-65-55(71)31-25-21-23-27-33-57(73)67-51-37-53-49(63(11,12)43(9)69(53)41(5)6)35-47(51)59-61(75)60(62(59)76)48-36-50-54(70(42(7)8)44(10)64(50,13)14)38-52(48)68-58(74)34-28-24-22-26-32-56(72)66-40-46(18-4)30-20-16-2/h35-38,41-46H,15-34,39-40H2,1-14H3,(H4,65,66,67,68,71,72,73,74,75,76). The Hall–Kier alpha value is -5.00. The number of carbonyl (C=O) groups is 5. The molecule has 0 spiro atoms. The summed E-state index contributed by atoms with van der Waals surface area (Å²) < 4.78 is 2.35. The molecule has 76 heavy (non-hydrogen) atoms. The van der Waals surface area contributed by atoms with Crippen LogP contribution in [0, 0.1) is 11.8 Å². The molecule has 422 valence electrons. The highest BCUT2D eigenvalue weighted by Crippen LogP contribution is 2.50. The van der Waals surface area contributed by atoms with Crippen molar-refractivity contribution in [3.63, 3.8) is 0 Å². The molecule has 2 aromatic rings. The highest BCUT2D eigenvalue weighted by Gasteiger charge is 2.47. The van der Waals surface area contributed by atoms with Crippen LogP contribution in [-0.4, -0.2) is 66.7 Å². The molecule has 4 unspecified atom stereocenters. The lowest BCUT2D eigenvalue weighted by molar-refractivity contribution is -0.292. The highest BCUT2D eigenvalue weighted by molar-refractivity contribution is 6.52. The third kappa shape index (κ3) is 14.8. The van der Waals surface area contributed by atoms with Crippen LogP contribution >= 0.6 is 0 Å². The van der Waals surface area contributed by atoms with Crippen molar-refractivity contribution in [2.24, 2.45) is 11.8 Å². The second-order valence-corrected chi connectivity index (χ2v) is 24.4. The van der Waals surface area contributed by atoms with Gasteiger partial charge in [0.1, 0.15) is 6.04 Å². The van der Waals surface area contributed by atoms with Crippen LogP contribution in [0.15, 0.2) is 30.0 Å². The number of unbranched alkanes of at least 4 members (excludes halogenated alkanes) is 8. The molecular formula is C64H100N6O6. The quantitative estimate of drug-likeness (QED) is 0.0431. The molecule has 2 heterocycles. The minimum Gasteiger partial charge on any atom is -0.871 e. The Morgan fingerprint density at radius 2 is 1.11 bits per heavy atom. The summed E-state index contributed by atoms with van der Waals surface area (Å²) in [5.41, 5.74) is 3.73. The van der Waals surface area contributed by atoms with E-state index >= 15 is 0 Å². The third-order valence-electron chi connectivity index (χ3n) is 17.6. The smallest absolute Gasteiger partial charge is 0.224 e. The van der Waals surface area contributed by atoms with E-state index in [0.717, 1.165) is 112 Å². The van der Waals surface area contributed by atoms with Crippen molar-refractivity contribution in [1.29, 1.82) is 0 Å². The van der Waals surface area contributed by atoms with Gasteiger partial charge in [0.05, 0.1) is 16.8 Å². The lowest BCUT2D eigenvalue weighted by Gasteiger charge is -2.34. The summed E-state index contributed by atoms with van der Waals surface area (Å²) in [6.07, 6.45) is 16.6. The van der Waals surface area contributed by atoms with Gasteiger partial charge in [-0.25, -0.2) is 4.58 Å². The number of benzene rings is 2. The van der Waals surface area contributed by atoms with Crippen molar-refractivity contribution in [1.82, 2.24) is 15.2 Å². The van der Waals surface area contributed by atoms with Crippen LogP contribution in [0.5, 0.6) is 0 Å². The SMILES string of the molecule is CCCCC(CC)CNC(=O)CCCCCCC(=O)Nc1cc2c(cc1C1=C([O-])/C(=c3/cc4c(cc3NC(=O)CCCCCCC(=O)NCC(CC)CCCC)=[N+](C(C)C)C(C)C4(C)C)C1=O)C(C)(C)C(C)N2C(C)C. The van der Waals surface area contributed by atoms with Gasteiger partial charge >= 0.3 is 0 Å². The molecule has 5 rings (SSSR count). The number of carbonyl (C=O) groups excluding carboxylic acids is 5.